The lowest BCUT2D eigenvalue weighted by molar-refractivity contribution is 0.240. The molecular weight excluding hydrogens is 198 g/mol. The molecule has 0 aromatic heterocycles. The second-order valence-corrected chi connectivity index (χ2v) is 7.50. The van der Waals surface area contributed by atoms with Crippen LogP contribution in [0.2, 0.25) is 0 Å². The van der Waals surface area contributed by atoms with Gasteiger partial charge in [0.2, 0.25) is 10.0 Å². The standard InChI is InChI=1S/C10H17NO2S/c1-10(2)7-3-4-8(10)9-6(7)5-14(12,13)11-9/h6-9,11H,3-5H2,1-2H3/t6-,7+,8+,9+/m1/s1. The minimum absolute atomic E-state index is 0.258. The van der Waals surface area contributed by atoms with Gasteiger partial charge in [0.25, 0.3) is 0 Å². The fraction of sp³-hybridized carbons (Fsp3) is 1.00. The van der Waals surface area contributed by atoms with Gasteiger partial charge in [0, 0.05) is 6.04 Å². The van der Waals surface area contributed by atoms with E-state index in [0.717, 1.165) is 0 Å². The van der Waals surface area contributed by atoms with E-state index in [-0.39, 0.29) is 6.04 Å². The maximum atomic E-state index is 11.5. The number of hydrogen-bond donors (Lipinski definition) is 1. The molecule has 80 valence electrons. The zero-order valence-electron chi connectivity index (χ0n) is 8.66. The molecule has 2 saturated carbocycles. The van der Waals surface area contributed by atoms with Crippen LogP contribution in [-0.2, 0) is 10.0 Å². The molecule has 4 atom stereocenters. The van der Waals surface area contributed by atoms with Gasteiger partial charge in [-0.3, -0.25) is 0 Å². The van der Waals surface area contributed by atoms with E-state index in [0.29, 0.717) is 28.9 Å². The molecule has 2 aliphatic carbocycles. The van der Waals surface area contributed by atoms with Crippen molar-refractivity contribution in [1.82, 2.24) is 4.72 Å². The second kappa shape index (κ2) is 2.35. The lowest BCUT2D eigenvalue weighted by atomic mass is 9.80. The van der Waals surface area contributed by atoms with Crippen molar-refractivity contribution in [1.29, 1.82) is 0 Å². The third-order valence-electron chi connectivity index (χ3n) is 4.84. The monoisotopic (exact) mass is 215 g/mol. The van der Waals surface area contributed by atoms with Crippen molar-refractivity contribution in [3.05, 3.63) is 0 Å². The van der Waals surface area contributed by atoms with Gasteiger partial charge >= 0.3 is 0 Å². The third-order valence-corrected chi connectivity index (χ3v) is 6.29. The average Bonchev–Trinajstić information content (AvgIpc) is 2.54. The van der Waals surface area contributed by atoms with Gasteiger partial charge in [-0.25, -0.2) is 13.1 Å². The molecule has 1 saturated heterocycles. The van der Waals surface area contributed by atoms with Crippen LogP contribution in [0.25, 0.3) is 0 Å². The molecule has 0 amide bonds. The Labute approximate surface area is 85.3 Å². The highest BCUT2D eigenvalue weighted by molar-refractivity contribution is 7.89. The Balaban J connectivity index is 2.01. The highest BCUT2D eigenvalue weighted by Crippen LogP contribution is 2.61. The fourth-order valence-corrected chi connectivity index (χ4v) is 6.03. The van der Waals surface area contributed by atoms with E-state index in [2.05, 4.69) is 18.6 Å². The Morgan fingerprint density at radius 2 is 1.86 bits per heavy atom. The van der Waals surface area contributed by atoms with Crippen LogP contribution < -0.4 is 4.72 Å². The minimum atomic E-state index is -2.93. The molecule has 0 radical (unpaired) electrons. The van der Waals surface area contributed by atoms with E-state index in [1.807, 2.05) is 0 Å². The number of nitrogens with one attached hydrogen (secondary N) is 1. The summed E-state index contributed by atoms with van der Waals surface area (Å²) in [6, 6.07) is 0.258. The van der Waals surface area contributed by atoms with E-state index in [1.165, 1.54) is 12.8 Å². The van der Waals surface area contributed by atoms with Crippen LogP contribution in [0.1, 0.15) is 26.7 Å². The van der Waals surface area contributed by atoms with Gasteiger partial charge in [0.15, 0.2) is 0 Å². The Hall–Kier alpha value is -0.0900. The lowest BCUT2D eigenvalue weighted by Gasteiger charge is -2.26. The van der Waals surface area contributed by atoms with Gasteiger partial charge in [-0.15, -0.1) is 0 Å². The van der Waals surface area contributed by atoms with E-state index in [4.69, 9.17) is 0 Å². The van der Waals surface area contributed by atoms with Crippen molar-refractivity contribution < 1.29 is 8.42 Å². The van der Waals surface area contributed by atoms with Crippen LogP contribution in [0.15, 0.2) is 0 Å². The average molecular weight is 215 g/mol. The zero-order valence-corrected chi connectivity index (χ0v) is 9.47. The van der Waals surface area contributed by atoms with Crippen molar-refractivity contribution in [2.75, 3.05) is 5.75 Å². The summed E-state index contributed by atoms with van der Waals surface area (Å²) < 4.78 is 25.8. The first-order valence-corrected chi connectivity index (χ1v) is 7.07. The highest BCUT2D eigenvalue weighted by Gasteiger charge is 2.62. The Morgan fingerprint density at radius 3 is 2.50 bits per heavy atom. The maximum absolute atomic E-state index is 11.5. The summed E-state index contributed by atoms with van der Waals surface area (Å²) in [6.45, 7) is 4.61. The molecule has 2 bridgehead atoms. The van der Waals surface area contributed by atoms with Gasteiger partial charge in [-0.05, 0) is 36.0 Å². The maximum Gasteiger partial charge on any atom is 0.212 e. The largest absolute Gasteiger partial charge is 0.212 e. The molecule has 0 unspecified atom stereocenters. The third kappa shape index (κ3) is 0.936. The summed E-state index contributed by atoms with van der Waals surface area (Å²) >= 11 is 0. The molecule has 1 heterocycles. The van der Waals surface area contributed by atoms with Crippen molar-refractivity contribution in [2.45, 2.75) is 32.7 Å². The summed E-state index contributed by atoms with van der Waals surface area (Å²) in [4.78, 5) is 0. The summed E-state index contributed by atoms with van der Waals surface area (Å²) in [5.41, 5.74) is 0.359. The molecule has 3 nitrogen and oxygen atoms in total. The molecule has 14 heavy (non-hydrogen) atoms. The van der Waals surface area contributed by atoms with Gasteiger partial charge in [0.05, 0.1) is 5.75 Å². The number of hydrogen-bond acceptors (Lipinski definition) is 2. The predicted molar refractivity (Wildman–Crippen MR) is 54.2 cm³/mol. The SMILES string of the molecule is CC1(C)[C@H]2CC[C@H]1[C@H]1NS(=O)(=O)C[C@@H]12. The van der Waals surface area contributed by atoms with Crippen LogP contribution >= 0.6 is 0 Å². The van der Waals surface area contributed by atoms with Gasteiger partial charge in [0.1, 0.15) is 0 Å². The summed E-state index contributed by atoms with van der Waals surface area (Å²) in [6.07, 6.45) is 2.44. The van der Waals surface area contributed by atoms with Crippen molar-refractivity contribution in [3.63, 3.8) is 0 Å². The predicted octanol–water partition coefficient (Wildman–Crippen LogP) is 0.970. The first-order chi connectivity index (χ1) is 6.42. The van der Waals surface area contributed by atoms with Crippen LogP contribution in [0.5, 0.6) is 0 Å². The fourth-order valence-electron chi connectivity index (χ4n) is 4.23. The smallest absolute Gasteiger partial charge is 0.212 e. The summed E-state index contributed by atoms with van der Waals surface area (Å²) in [5.74, 6) is 1.98. The zero-order chi connectivity index (χ0) is 10.1. The van der Waals surface area contributed by atoms with Gasteiger partial charge in [-0.2, -0.15) is 0 Å². The van der Waals surface area contributed by atoms with Crippen LogP contribution in [-0.4, -0.2) is 20.2 Å². The number of sulfonamides is 1. The molecule has 3 rings (SSSR count). The van der Waals surface area contributed by atoms with E-state index < -0.39 is 10.0 Å². The topological polar surface area (TPSA) is 46.2 Å². The minimum Gasteiger partial charge on any atom is -0.212 e. The first-order valence-electron chi connectivity index (χ1n) is 5.42. The molecule has 3 aliphatic rings. The molecule has 4 heteroatoms. The van der Waals surface area contributed by atoms with Crippen molar-refractivity contribution in [3.8, 4) is 0 Å². The Kier molecular flexibility index (Phi) is 1.54. The first kappa shape index (κ1) is 9.16. The lowest BCUT2D eigenvalue weighted by Crippen LogP contribution is -2.35. The molecule has 1 N–H and O–H groups in total. The van der Waals surface area contributed by atoms with Gasteiger partial charge < -0.3 is 0 Å². The van der Waals surface area contributed by atoms with E-state index in [9.17, 15) is 8.42 Å². The molecule has 0 spiro atoms. The molecule has 3 fully saturated rings. The van der Waals surface area contributed by atoms with Gasteiger partial charge in [-0.1, -0.05) is 13.8 Å². The van der Waals surface area contributed by atoms with Crippen LogP contribution in [0.3, 0.4) is 0 Å². The quantitative estimate of drug-likeness (QED) is 0.654. The van der Waals surface area contributed by atoms with E-state index >= 15 is 0 Å². The molecule has 0 aromatic rings. The summed E-state index contributed by atoms with van der Waals surface area (Å²) in [7, 11) is -2.93. The van der Waals surface area contributed by atoms with Crippen molar-refractivity contribution >= 4 is 10.0 Å². The second-order valence-electron chi connectivity index (χ2n) is 5.70. The van der Waals surface area contributed by atoms with Crippen LogP contribution in [0, 0.1) is 23.2 Å². The number of rotatable bonds is 0. The molecule has 0 aromatic carbocycles. The van der Waals surface area contributed by atoms with Crippen molar-refractivity contribution in [2.24, 2.45) is 23.2 Å². The Morgan fingerprint density at radius 1 is 1.21 bits per heavy atom. The molecular formula is C10H17NO2S. The van der Waals surface area contributed by atoms with E-state index in [1.54, 1.807) is 0 Å². The van der Waals surface area contributed by atoms with Crippen LogP contribution in [0.4, 0.5) is 0 Å². The number of fused-ring (bicyclic) bond motifs is 5. The normalized spacial score (nSPS) is 52.1. The summed E-state index contributed by atoms with van der Waals surface area (Å²) in [5, 5.41) is 0. The molecule has 1 aliphatic heterocycles. The highest BCUT2D eigenvalue weighted by atomic mass is 32.2. The Bertz CT molecular complexity index is 346.